The zero-order valence-corrected chi connectivity index (χ0v) is 119. The minimum absolute atomic E-state index is 0. The summed E-state index contributed by atoms with van der Waals surface area (Å²) in [6, 6.07) is 45.1. The van der Waals surface area contributed by atoms with E-state index in [1.807, 2.05) is 30.9 Å². The normalized spacial score (nSPS) is 16.6. The molecule has 14 rings (SSSR count). The van der Waals surface area contributed by atoms with E-state index in [9.17, 15) is 43.0 Å². The zero-order chi connectivity index (χ0) is 72.9. The molecule has 1 amide bonds. The molecule has 3 fully saturated rings. The van der Waals surface area contributed by atoms with Gasteiger partial charge in [0.2, 0.25) is 0 Å². The number of amides is 1. The number of carbonyl (C=O) groups excluding carboxylic acids is 3. The Balaban J connectivity index is -0.000000167. The zero-order valence-electron chi connectivity index (χ0n) is 66.8. The van der Waals surface area contributed by atoms with Crippen molar-refractivity contribution in [2.45, 2.75) is 43.9 Å². The van der Waals surface area contributed by atoms with Crippen molar-refractivity contribution < 1.29 is 703 Å². The van der Waals surface area contributed by atoms with Gasteiger partial charge in [0, 0.05) is 686 Å². The fourth-order valence-electron chi connectivity index (χ4n) is 11.2. The quantitative estimate of drug-likeness (QED) is 0.0407. The van der Waals surface area contributed by atoms with E-state index in [4.69, 9.17) is 68.1 Å². The van der Waals surface area contributed by atoms with Crippen LogP contribution in [0.15, 0.2) is 176 Å². The van der Waals surface area contributed by atoms with Crippen LogP contribution in [0.2, 0.25) is 0 Å². The van der Waals surface area contributed by atoms with Gasteiger partial charge in [-0.3, -0.25) is 20.2 Å². The van der Waals surface area contributed by atoms with Crippen LogP contribution in [0.4, 0.5) is 29.3 Å². The smallest absolute Gasteiger partial charge is 0.415 e. The molecule has 0 aliphatic carbocycles. The molecule has 8 aromatic rings. The van der Waals surface area contributed by atoms with Gasteiger partial charge in [-0.25, -0.2) is 22.8 Å². The maximum absolute atomic E-state index is 13.5. The van der Waals surface area contributed by atoms with Crippen molar-refractivity contribution >= 4 is 41.6 Å². The summed E-state index contributed by atoms with van der Waals surface area (Å²) in [6.45, 7) is 9.77. The van der Waals surface area contributed by atoms with Crippen LogP contribution in [0.25, 0.3) is 5.32 Å². The van der Waals surface area contributed by atoms with Crippen LogP contribution >= 0.6 is 11.9 Å². The van der Waals surface area contributed by atoms with Gasteiger partial charge in [-0.1, -0.05) is 42.8 Å². The predicted molar refractivity (Wildman–Crippen MR) is 355 cm³/mol. The van der Waals surface area contributed by atoms with E-state index in [0.717, 1.165) is 55.5 Å². The van der Waals surface area contributed by atoms with E-state index in [-0.39, 0.29) is 712 Å². The van der Waals surface area contributed by atoms with E-state index in [0.29, 0.717) is 71.3 Å². The summed E-state index contributed by atoms with van der Waals surface area (Å²) in [5.74, 6) is 3.61. The molecule has 18 radical (unpaired) electrons. The average molecular weight is 3180 g/mol. The molecule has 3 saturated heterocycles. The molecule has 6 aliphatic rings. The number of carbonyl (C=O) groups is 3. The second-order valence-electron chi connectivity index (χ2n) is 22.6. The number of non-ortho nitro benzene ring substituents is 2. The van der Waals surface area contributed by atoms with Crippen LogP contribution in [-0.2, 0) is 619 Å². The van der Waals surface area contributed by atoms with Gasteiger partial charge in [0.05, 0.1) is 32.7 Å². The Morgan fingerprint density at radius 2 is 0.840 bits per heavy atom. The van der Waals surface area contributed by atoms with Gasteiger partial charge in [-0.05, 0) is 164 Å². The minimum atomic E-state index is -0.739. The van der Waals surface area contributed by atoms with Crippen molar-refractivity contribution in [1.29, 1.82) is 0 Å². The molecule has 6 aliphatic heterocycles. The summed E-state index contributed by atoms with van der Waals surface area (Å²) in [6.07, 6.45) is 2.61. The van der Waals surface area contributed by atoms with Crippen LogP contribution in [0.5, 0.6) is 57.5 Å². The number of hydrogen-bond donors (Lipinski definition) is 1. The van der Waals surface area contributed by atoms with Crippen LogP contribution in [-0.4, -0.2) is 72.4 Å². The number of halogens is 4. The Morgan fingerprint density at radius 1 is 0.504 bits per heavy atom. The van der Waals surface area contributed by atoms with Crippen LogP contribution in [0, 0.1) is 95.6 Å². The number of benzene rings is 8. The fourth-order valence-corrected chi connectivity index (χ4v) is 11.3. The SMILES string of the molecule is CC=O.O=C(OCl)c1ccc([N+](=O)[O-])cc1.[2H][C-]1Oc2ccc(O[CH-][C@@H]3CN(C(=O)Oc4ccc([N+](=O)[O-])cc4)CC[C@H]3c3ccc(F)cc3)cc2O1.[2H][C-]1Oc2ccc(O[CH-][C@@H]3CNCC[C@H]3c3ccc(F)cc3)cc2O1.[2H][C-]1Oc2ccc(O[CH-][C@@H]3C[N-]CC[C@H]3c3ccc(F)cc3)cc2O1.[W].[Y].[Y].[Y].[Y].[Y].[Y].[Y].[Y].[Y].[Y].[Y].[Y].[Y].[Y].[Y].[Y].[Y].[Y]. The third-order valence-electron chi connectivity index (χ3n) is 16.2. The molecule has 1 N–H and O–H groups in total. The maximum atomic E-state index is 13.5. The number of fused-ring (bicyclic) bond motifs is 3. The number of nitro benzene ring substituents is 2. The molecule has 0 spiro atoms. The van der Waals surface area contributed by atoms with Crippen molar-refractivity contribution in [3.63, 3.8) is 0 Å². The third-order valence-corrected chi connectivity index (χ3v) is 16.4. The Bertz CT molecular complexity index is 4120. The first kappa shape index (κ1) is 142. The van der Waals surface area contributed by atoms with Crippen LogP contribution < -0.4 is 52.7 Å². The fraction of sp³-hybridized carbons (Fsp3) is 0.219. The van der Waals surface area contributed by atoms with Crippen molar-refractivity contribution in [2.75, 3.05) is 39.3 Å². The van der Waals surface area contributed by atoms with E-state index >= 15 is 0 Å². The minimum Gasteiger partial charge on any atom is -0.664 e. The van der Waals surface area contributed by atoms with Gasteiger partial charge in [0.15, 0.2) is 0 Å². The summed E-state index contributed by atoms with van der Waals surface area (Å²) in [5, 5.41) is 28.9. The first-order valence-electron chi connectivity index (χ1n) is 32.6. The Morgan fingerprint density at radius 3 is 1.22 bits per heavy atom. The first-order chi connectivity index (χ1) is 49.8. The second-order valence-corrected chi connectivity index (χ2v) is 22.7. The Labute approximate surface area is 1170 Å². The maximum Gasteiger partial charge on any atom is 0.415 e. The van der Waals surface area contributed by atoms with Crippen molar-refractivity contribution in [3.8, 4) is 57.5 Å². The van der Waals surface area contributed by atoms with Crippen LogP contribution in [0.3, 0.4) is 0 Å². The van der Waals surface area contributed by atoms with Crippen molar-refractivity contribution in [1.82, 2.24) is 10.2 Å². The van der Waals surface area contributed by atoms with Gasteiger partial charge >= 0.3 is 12.1 Å². The number of nitrogens with one attached hydrogen (secondary N) is 1. The monoisotopic (exact) mass is 3180 g/mol. The predicted octanol–water partition coefficient (Wildman–Crippen LogP) is 15.6. The number of rotatable bonds is 16. The number of likely N-dealkylation sites (tertiary alicyclic amines) is 1. The summed E-state index contributed by atoms with van der Waals surface area (Å²) >= 11 is 4.81. The number of aldehydes is 1. The Kier molecular flexibility index (Phi) is 98.2. The van der Waals surface area contributed by atoms with Gasteiger partial charge < -0.3 is 72.0 Å². The molecule has 46 heteroatoms. The molecule has 23 nitrogen and oxygen atoms in total. The molecule has 6 atom stereocenters. The summed E-state index contributed by atoms with van der Waals surface area (Å²) < 4.78 is 120. The molecule has 0 saturated carbocycles. The summed E-state index contributed by atoms with van der Waals surface area (Å²) in [7, 11) is 0. The molecule has 8 aromatic carbocycles. The van der Waals surface area contributed by atoms with Crippen molar-refractivity contribution in [3.05, 3.63) is 281 Å². The molecule has 584 valence electrons. The van der Waals surface area contributed by atoms with Crippen LogP contribution in [0.1, 0.15) is 75.1 Å². The van der Waals surface area contributed by atoms with Gasteiger partial charge in [0.1, 0.15) is 75.9 Å². The first-order valence-corrected chi connectivity index (χ1v) is 31.4. The van der Waals surface area contributed by atoms with Gasteiger partial charge in [0.25, 0.3) is 11.4 Å². The number of nitrogens with zero attached hydrogens (tertiary/aromatic N) is 4. The average Bonchev–Trinajstić information content (AvgIpc) is 1.47. The second kappa shape index (κ2) is 82.5. The molecule has 119 heavy (non-hydrogen) atoms. The summed E-state index contributed by atoms with van der Waals surface area (Å²) in [4.78, 5) is 54.0. The number of nitro groups is 2. The molecule has 0 aromatic heterocycles. The van der Waals surface area contributed by atoms with E-state index in [1.54, 1.807) is 79.9 Å². The standard InChI is InChI=1S/C26H21FN2O7.C19H18FNO3.C19H17FNO3.C7H4ClNO4.C2H4O.W.18Y/c27-19-3-1-17(2-4-19)23-11-12-28(26(30)36-21-7-5-20(6-8-21)29(31)32)14-18(23)15-33-22-9-10-24-25(13-22)35-16-34-24;2*20-15-3-1-13(2-4-15)17-7-8-21-10-14(17)11-22-16-5-6-18-19(9-16)24-12-23-18;8-13-7(10)5-1-3-6(4-2-5)9(11)12;1-2-3;;;;;;;;;;;;;;;;;;;/h1-10,13,15-16,18,23H,11-12,14H2;1-6,9,11-12,14,17,21H,7-8,10H2;1-6,9,11-12,14,17H,7-8,10H2;1-4H;2H,1H3;;;;;;;;;;;;;;;;;;;/q2*-2;-3;;;;;;;;;;;;;;;;;;;;;/t18-,23-;2*14-,17-;;;;;;;;;;;;;;;;;;;;;/m000...................../s1/i16D;2*12D;;;;;;;;;;;;;;;;;;;;;. The van der Waals surface area contributed by atoms with Crippen molar-refractivity contribution in [2.24, 2.45) is 17.8 Å². The third kappa shape index (κ3) is 50.1. The summed E-state index contributed by atoms with van der Waals surface area (Å²) in [5.41, 5.74) is 3.10. The van der Waals surface area contributed by atoms with E-state index in [2.05, 4.69) is 14.9 Å². The largest absolute Gasteiger partial charge is 0.664 e. The molecular weight excluding hydrogens is 3110 g/mol. The molecule has 0 bridgehead atoms. The number of piperidine rings is 3. The topological polar surface area (TPSA) is 268 Å². The number of hydrogen-bond acceptors (Lipinski definition) is 19. The Hall–Kier alpha value is 9.73. The number of ether oxygens (including phenoxy) is 10. The molecule has 0 unspecified atom stereocenters. The van der Waals surface area contributed by atoms with Gasteiger partial charge in [-0.15, -0.1) is 28.4 Å². The van der Waals surface area contributed by atoms with E-state index in [1.165, 1.54) is 96.8 Å². The molecule has 6 heterocycles. The van der Waals surface area contributed by atoms with Gasteiger partial charge in [-0.2, -0.15) is 26.4 Å². The van der Waals surface area contributed by atoms with E-state index < -0.39 is 21.9 Å². The molecular formula is C73H64ClF3N5O18WY18-7.